The molecule has 1 heterocycles. The molecule has 0 unspecified atom stereocenters. The topological polar surface area (TPSA) is 100 Å². The van der Waals surface area contributed by atoms with Crippen LogP contribution in [0.2, 0.25) is 0 Å². The van der Waals surface area contributed by atoms with Crippen LogP contribution >= 0.6 is 12.2 Å². The van der Waals surface area contributed by atoms with Gasteiger partial charge in [-0.15, -0.1) is 0 Å². The summed E-state index contributed by atoms with van der Waals surface area (Å²) in [5.74, 6) is 1.01. The van der Waals surface area contributed by atoms with Crippen molar-refractivity contribution in [1.29, 1.82) is 0 Å². The summed E-state index contributed by atoms with van der Waals surface area (Å²) in [4.78, 5) is 14.9. The maximum atomic E-state index is 12.9. The summed E-state index contributed by atoms with van der Waals surface area (Å²) in [6, 6.07) is 22.5. The monoisotopic (exact) mass is 554 g/mol. The minimum absolute atomic E-state index is 0.100. The van der Waals surface area contributed by atoms with Crippen molar-refractivity contribution in [3.8, 4) is 11.5 Å². The Balaban J connectivity index is 1.23. The van der Waals surface area contributed by atoms with Crippen molar-refractivity contribution >= 4 is 38.9 Å². The van der Waals surface area contributed by atoms with Gasteiger partial charge < -0.3 is 19.7 Å². The predicted octanol–water partition coefficient (Wildman–Crippen LogP) is 3.21. The Kier molecular flexibility index (Phi) is 9.29. The van der Waals surface area contributed by atoms with Crippen LogP contribution in [0.15, 0.2) is 83.8 Å². The lowest BCUT2D eigenvalue weighted by atomic mass is 10.2. The second-order valence-electron chi connectivity index (χ2n) is 8.67. The highest BCUT2D eigenvalue weighted by Gasteiger charge is 2.27. The lowest BCUT2D eigenvalue weighted by molar-refractivity contribution is 0.0977. The summed E-state index contributed by atoms with van der Waals surface area (Å²) in [7, 11) is -1.58. The third-order valence-electron chi connectivity index (χ3n) is 5.92. The van der Waals surface area contributed by atoms with Crippen LogP contribution in [0.5, 0.6) is 11.5 Å². The van der Waals surface area contributed by atoms with E-state index >= 15 is 0 Å². The molecular formula is C27H30N4O5S2. The molecule has 0 aliphatic carbocycles. The van der Waals surface area contributed by atoms with Gasteiger partial charge in [0.05, 0.1) is 4.90 Å². The molecule has 38 heavy (non-hydrogen) atoms. The zero-order valence-corrected chi connectivity index (χ0v) is 22.6. The number of anilines is 1. The Hall–Kier alpha value is -3.51. The fourth-order valence-electron chi connectivity index (χ4n) is 3.76. The number of sulfonamides is 1. The average Bonchev–Trinajstić information content (AvgIpc) is 2.92. The molecule has 1 saturated heterocycles. The van der Waals surface area contributed by atoms with Crippen LogP contribution in [-0.2, 0) is 10.0 Å². The molecule has 11 heteroatoms. The number of para-hydroxylation sites is 1. The van der Waals surface area contributed by atoms with Gasteiger partial charge in [0.25, 0.3) is 5.91 Å². The summed E-state index contributed by atoms with van der Waals surface area (Å²) in [5.41, 5.74) is 0.977. The van der Waals surface area contributed by atoms with Gasteiger partial charge in [-0.2, -0.15) is 4.31 Å². The molecule has 0 bridgehead atoms. The standard InChI is InChI=1S/C27H30N4O5S2/c1-30-15-17-31(18-16-30)38(33,34)25-13-9-22(10-14-25)28-27(37)29-26(32)21-7-11-24(12-8-21)36-20-19-35-23-5-3-2-4-6-23/h2-14H,15-20H2,1H3,(H2,28,29,32,37). The van der Waals surface area contributed by atoms with Gasteiger partial charge in [-0.25, -0.2) is 8.42 Å². The van der Waals surface area contributed by atoms with Crippen LogP contribution in [0.3, 0.4) is 0 Å². The number of hydrogen-bond acceptors (Lipinski definition) is 7. The van der Waals surface area contributed by atoms with Crippen LogP contribution < -0.4 is 20.1 Å². The number of rotatable bonds is 9. The van der Waals surface area contributed by atoms with E-state index < -0.39 is 10.0 Å². The summed E-state index contributed by atoms with van der Waals surface area (Å²) >= 11 is 5.26. The van der Waals surface area contributed by atoms with Crippen LogP contribution in [0.4, 0.5) is 5.69 Å². The quantitative estimate of drug-likeness (QED) is 0.307. The molecule has 4 rings (SSSR count). The van der Waals surface area contributed by atoms with Crippen LogP contribution in [0.25, 0.3) is 0 Å². The number of ether oxygens (including phenoxy) is 2. The Morgan fingerprint density at radius 1 is 0.842 bits per heavy atom. The highest BCUT2D eigenvalue weighted by Crippen LogP contribution is 2.20. The summed E-state index contributed by atoms with van der Waals surface area (Å²) in [6.07, 6.45) is 0. The van der Waals surface area contributed by atoms with Crippen LogP contribution in [-0.4, -0.2) is 75.1 Å². The third kappa shape index (κ3) is 7.51. The second kappa shape index (κ2) is 12.8. The van der Waals surface area contributed by atoms with E-state index in [9.17, 15) is 13.2 Å². The Bertz CT molecular complexity index is 1330. The minimum Gasteiger partial charge on any atom is -0.490 e. The molecule has 1 aliphatic heterocycles. The first-order valence-corrected chi connectivity index (χ1v) is 14.0. The highest BCUT2D eigenvalue weighted by molar-refractivity contribution is 7.89. The van der Waals surface area contributed by atoms with Crippen molar-refractivity contribution in [2.75, 3.05) is 51.8 Å². The van der Waals surface area contributed by atoms with Gasteiger partial charge in [0.1, 0.15) is 24.7 Å². The van der Waals surface area contributed by atoms with Crippen molar-refractivity contribution in [2.45, 2.75) is 4.90 Å². The summed E-state index contributed by atoms with van der Waals surface area (Å²) in [5, 5.41) is 5.64. The van der Waals surface area contributed by atoms with Gasteiger partial charge in [0.15, 0.2) is 5.11 Å². The first kappa shape index (κ1) is 27.5. The number of nitrogens with one attached hydrogen (secondary N) is 2. The first-order valence-electron chi connectivity index (χ1n) is 12.1. The van der Waals surface area contributed by atoms with Crippen molar-refractivity contribution in [1.82, 2.24) is 14.5 Å². The number of carbonyl (C=O) groups excluding carboxylic acids is 1. The first-order chi connectivity index (χ1) is 18.3. The number of likely N-dealkylation sites (N-methyl/N-ethyl adjacent to an activating group) is 1. The Morgan fingerprint density at radius 2 is 1.42 bits per heavy atom. The van der Waals surface area contributed by atoms with E-state index in [1.165, 1.54) is 16.4 Å². The Morgan fingerprint density at radius 3 is 2.03 bits per heavy atom. The summed E-state index contributed by atoms with van der Waals surface area (Å²) in [6.45, 7) is 3.09. The third-order valence-corrected chi connectivity index (χ3v) is 8.04. The lowest BCUT2D eigenvalue weighted by Gasteiger charge is -2.31. The number of amides is 1. The van der Waals surface area contributed by atoms with Crippen molar-refractivity contribution in [3.05, 3.63) is 84.4 Å². The number of nitrogens with zero attached hydrogens (tertiary/aromatic N) is 2. The van der Waals surface area contributed by atoms with Crippen molar-refractivity contribution in [2.24, 2.45) is 0 Å². The molecule has 0 atom stereocenters. The van der Waals surface area contributed by atoms with E-state index in [0.29, 0.717) is 56.4 Å². The molecule has 200 valence electrons. The molecule has 0 radical (unpaired) electrons. The number of benzene rings is 3. The van der Waals surface area contributed by atoms with Crippen LogP contribution in [0, 0.1) is 0 Å². The van der Waals surface area contributed by atoms with Crippen molar-refractivity contribution in [3.63, 3.8) is 0 Å². The maximum Gasteiger partial charge on any atom is 0.257 e. The molecule has 3 aromatic rings. The number of piperazine rings is 1. The maximum absolute atomic E-state index is 12.9. The largest absolute Gasteiger partial charge is 0.490 e. The van der Waals surface area contributed by atoms with E-state index in [2.05, 4.69) is 15.5 Å². The molecule has 0 aromatic heterocycles. The second-order valence-corrected chi connectivity index (χ2v) is 11.0. The smallest absolute Gasteiger partial charge is 0.257 e. The van der Waals surface area contributed by atoms with E-state index in [-0.39, 0.29) is 15.9 Å². The van der Waals surface area contributed by atoms with E-state index in [4.69, 9.17) is 21.7 Å². The molecule has 1 fully saturated rings. The minimum atomic E-state index is -3.55. The fourth-order valence-corrected chi connectivity index (χ4v) is 5.40. The van der Waals surface area contributed by atoms with Gasteiger partial charge >= 0.3 is 0 Å². The van der Waals surface area contributed by atoms with Gasteiger partial charge in [-0.1, -0.05) is 18.2 Å². The molecule has 1 amide bonds. The van der Waals surface area contributed by atoms with Gasteiger partial charge in [0.2, 0.25) is 10.0 Å². The lowest BCUT2D eigenvalue weighted by Crippen LogP contribution is -2.46. The van der Waals surface area contributed by atoms with Crippen LogP contribution in [0.1, 0.15) is 10.4 Å². The molecule has 1 aliphatic rings. The predicted molar refractivity (Wildman–Crippen MR) is 150 cm³/mol. The zero-order valence-electron chi connectivity index (χ0n) is 21.0. The molecule has 0 saturated carbocycles. The Labute approximate surface area is 228 Å². The molecule has 0 spiro atoms. The highest BCUT2D eigenvalue weighted by atomic mass is 32.2. The van der Waals surface area contributed by atoms with E-state index in [0.717, 1.165) is 5.75 Å². The van der Waals surface area contributed by atoms with Gasteiger partial charge in [-0.05, 0) is 79.9 Å². The van der Waals surface area contributed by atoms with Gasteiger partial charge in [0, 0.05) is 37.4 Å². The number of thiocarbonyl (C=S) groups is 1. The zero-order chi connectivity index (χ0) is 27.0. The number of carbonyl (C=O) groups is 1. The summed E-state index contributed by atoms with van der Waals surface area (Å²) < 4.78 is 38.5. The SMILES string of the molecule is CN1CCN(S(=O)(=O)c2ccc(NC(=S)NC(=O)c3ccc(OCCOc4ccccc4)cc3)cc2)CC1. The van der Waals surface area contributed by atoms with E-state index in [1.54, 1.807) is 36.4 Å². The number of hydrogen-bond donors (Lipinski definition) is 2. The molecule has 2 N–H and O–H groups in total. The average molecular weight is 555 g/mol. The molecular weight excluding hydrogens is 524 g/mol. The van der Waals surface area contributed by atoms with E-state index in [1.807, 2.05) is 37.4 Å². The molecule has 9 nitrogen and oxygen atoms in total. The normalized spacial score (nSPS) is 14.4. The fraction of sp³-hybridized carbons (Fsp3) is 0.259. The van der Waals surface area contributed by atoms with Crippen molar-refractivity contribution < 1.29 is 22.7 Å². The molecule has 3 aromatic carbocycles. The van der Waals surface area contributed by atoms with Gasteiger partial charge in [-0.3, -0.25) is 10.1 Å².